The fourth-order valence-electron chi connectivity index (χ4n) is 4.32. The lowest BCUT2D eigenvalue weighted by Crippen LogP contribution is -2.18. The summed E-state index contributed by atoms with van der Waals surface area (Å²) in [5.41, 5.74) is 6.81. The third-order valence-corrected chi connectivity index (χ3v) is 8.66. The molecule has 0 aliphatic heterocycles. The number of hydrogen-bond acceptors (Lipinski definition) is 3. The first-order valence-electron chi connectivity index (χ1n) is 12.9. The van der Waals surface area contributed by atoms with E-state index in [9.17, 15) is 4.21 Å². The first-order valence-corrected chi connectivity index (χ1v) is 15.3. The first kappa shape index (κ1) is 28.8. The van der Waals surface area contributed by atoms with Crippen LogP contribution in [0.4, 0.5) is 0 Å². The molecule has 2 aromatic rings. The van der Waals surface area contributed by atoms with E-state index in [4.69, 9.17) is 15.4 Å². The Balaban J connectivity index is 2.86. The van der Waals surface area contributed by atoms with Crippen molar-refractivity contribution in [2.24, 2.45) is 0 Å². The van der Waals surface area contributed by atoms with Crippen molar-refractivity contribution < 1.29 is 8.39 Å². The average molecular weight is 503 g/mol. The van der Waals surface area contributed by atoms with Gasteiger partial charge in [-0.3, -0.25) is 0 Å². The van der Waals surface area contributed by atoms with Crippen LogP contribution in [0.1, 0.15) is 152 Å². The molecule has 0 saturated carbocycles. The van der Waals surface area contributed by atoms with Crippen molar-refractivity contribution in [1.82, 2.24) is 0 Å². The lowest BCUT2D eigenvalue weighted by atomic mass is 9.88. The van der Waals surface area contributed by atoms with Gasteiger partial charge in [0.15, 0.2) is 0 Å². The maximum absolute atomic E-state index is 14.4. The Labute approximate surface area is 214 Å². The lowest BCUT2D eigenvalue weighted by Gasteiger charge is -2.27. The summed E-state index contributed by atoms with van der Waals surface area (Å²) < 4.78 is 21.0. The maximum Gasteiger partial charge on any atom is 0.216 e. The Morgan fingerprint density at radius 2 is 0.853 bits per heavy atom. The van der Waals surface area contributed by atoms with E-state index in [2.05, 4.69) is 107 Å². The predicted molar refractivity (Wildman–Crippen MR) is 152 cm³/mol. The SMILES string of the molecule is CC(C)c1cc(C(C)C)c(OS(=O)(=S)c2c(C(C)C)cc(C(C)C)cc2C(C)C)c(C(C)C)c1. The zero-order chi connectivity index (χ0) is 26.1. The standard InChI is InChI=1S/C30H46O2S2/c1-17(2)23-13-25(19(5)6)29(26(14-23)20(7)8)32-34(31,33)30-27(21(9)10)15-24(18(3)4)16-28(30)22(11)12/h13-22H,1-12H3. The van der Waals surface area contributed by atoms with E-state index in [1.54, 1.807) is 0 Å². The molecule has 0 saturated heterocycles. The third-order valence-electron chi connectivity index (χ3n) is 6.60. The highest BCUT2D eigenvalue weighted by molar-refractivity contribution is 8.30. The Kier molecular flexibility index (Phi) is 9.43. The van der Waals surface area contributed by atoms with E-state index >= 15 is 0 Å². The summed E-state index contributed by atoms with van der Waals surface area (Å²) in [7, 11) is -3.22. The van der Waals surface area contributed by atoms with Gasteiger partial charge in [0.1, 0.15) is 5.75 Å². The van der Waals surface area contributed by atoms with Gasteiger partial charge in [-0.1, -0.05) is 107 Å². The Morgan fingerprint density at radius 3 is 1.12 bits per heavy atom. The molecule has 34 heavy (non-hydrogen) atoms. The topological polar surface area (TPSA) is 26.3 Å². The van der Waals surface area contributed by atoms with E-state index in [0.717, 1.165) is 22.3 Å². The fourth-order valence-corrected chi connectivity index (χ4v) is 6.76. The number of rotatable bonds is 9. The molecule has 0 N–H and O–H groups in total. The second-order valence-corrected chi connectivity index (χ2v) is 14.3. The first-order chi connectivity index (χ1) is 15.6. The van der Waals surface area contributed by atoms with Gasteiger partial charge in [0.25, 0.3) is 0 Å². The van der Waals surface area contributed by atoms with Crippen molar-refractivity contribution >= 4 is 20.0 Å². The quantitative estimate of drug-likeness (QED) is 0.341. The normalized spacial score (nSPS) is 14.2. The van der Waals surface area contributed by atoms with Crippen molar-refractivity contribution in [2.75, 3.05) is 0 Å². The lowest BCUT2D eigenvalue weighted by molar-refractivity contribution is 0.536. The summed E-state index contributed by atoms with van der Waals surface area (Å²) >= 11 is 5.90. The van der Waals surface area contributed by atoms with Crippen LogP contribution in [-0.2, 0) is 20.0 Å². The highest BCUT2D eigenvalue weighted by atomic mass is 32.8. The van der Waals surface area contributed by atoms with Crippen LogP contribution < -0.4 is 4.18 Å². The molecule has 2 nitrogen and oxygen atoms in total. The molecule has 2 rings (SSSR count). The van der Waals surface area contributed by atoms with Crippen LogP contribution in [0.3, 0.4) is 0 Å². The molecule has 0 heterocycles. The summed E-state index contributed by atoms with van der Waals surface area (Å²) in [5.74, 6) is 2.34. The van der Waals surface area contributed by atoms with Crippen LogP contribution >= 0.6 is 0 Å². The number of hydrogen-bond donors (Lipinski definition) is 0. The van der Waals surface area contributed by atoms with Gasteiger partial charge in [0.05, 0.1) is 4.90 Å². The van der Waals surface area contributed by atoms with Gasteiger partial charge < -0.3 is 4.18 Å². The van der Waals surface area contributed by atoms with Crippen molar-refractivity contribution in [2.45, 2.75) is 123 Å². The molecule has 0 aromatic heterocycles. The van der Waals surface area contributed by atoms with Crippen molar-refractivity contribution in [1.29, 1.82) is 0 Å². The van der Waals surface area contributed by atoms with Gasteiger partial charge in [-0.15, -0.1) is 0 Å². The van der Waals surface area contributed by atoms with E-state index in [1.807, 2.05) is 0 Å². The molecule has 1 atom stereocenters. The molecule has 0 aliphatic rings. The molecule has 0 bridgehead atoms. The zero-order valence-corrected chi connectivity index (χ0v) is 25.0. The van der Waals surface area contributed by atoms with Gasteiger partial charge in [-0.05, 0) is 68.9 Å². The van der Waals surface area contributed by atoms with Crippen molar-refractivity contribution in [3.05, 3.63) is 57.6 Å². The van der Waals surface area contributed by atoms with Crippen LogP contribution in [0.2, 0.25) is 0 Å². The summed E-state index contributed by atoms with van der Waals surface area (Å²) in [6.45, 7) is 26.1. The largest absolute Gasteiger partial charge is 0.397 e. The van der Waals surface area contributed by atoms with Gasteiger partial charge in [-0.2, -0.15) is 0 Å². The molecular formula is C30H46O2S2. The van der Waals surface area contributed by atoms with Crippen LogP contribution in [0.15, 0.2) is 29.2 Å². The van der Waals surface area contributed by atoms with Crippen LogP contribution in [0.25, 0.3) is 0 Å². The molecule has 1 unspecified atom stereocenters. The fraction of sp³-hybridized carbons (Fsp3) is 0.600. The third kappa shape index (κ3) is 6.23. The second-order valence-electron chi connectivity index (χ2n) is 11.5. The van der Waals surface area contributed by atoms with E-state index in [0.29, 0.717) is 22.5 Å². The molecule has 4 heteroatoms. The van der Waals surface area contributed by atoms with Crippen LogP contribution in [0, 0.1) is 0 Å². The minimum Gasteiger partial charge on any atom is -0.397 e. The van der Waals surface area contributed by atoms with Gasteiger partial charge >= 0.3 is 0 Å². The number of benzene rings is 2. The van der Waals surface area contributed by atoms with Crippen LogP contribution in [-0.4, -0.2) is 4.21 Å². The molecule has 0 aliphatic carbocycles. The Morgan fingerprint density at radius 1 is 0.559 bits per heavy atom. The summed E-state index contributed by atoms with van der Waals surface area (Å²) in [5, 5.41) is 0. The van der Waals surface area contributed by atoms with Gasteiger partial charge in [0, 0.05) is 11.2 Å². The molecule has 0 fully saturated rings. The van der Waals surface area contributed by atoms with Crippen molar-refractivity contribution in [3.63, 3.8) is 0 Å². The highest BCUT2D eigenvalue weighted by Crippen LogP contribution is 2.42. The minimum atomic E-state index is -3.22. The smallest absolute Gasteiger partial charge is 0.216 e. The Bertz CT molecular complexity index is 1050. The molecule has 0 radical (unpaired) electrons. The summed E-state index contributed by atoms with van der Waals surface area (Å²) in [4.78, 5) is 0.717. The molecule has 0 spiro atoms. The van der Waals surface area contributed by atoms with Gasteiger partial charge in [-0.25, -0.2) is 4.21 Å². The van der Waals surface area contributed by atoms with E-state index in [-0.39, 0.29) is 23.7 Å². The summed E-state index contributed by atoms with van der Waals surface area (Å²) in [6, 6.07) is 8.83. The molecule has 190 valence electrons. The highest BCUT2D eigenvalue weighted by Gasteiger charge is 2.29. The summed E-state index contributed by atoms with van der Waals surface area (Å²) in [6.07, 6.45) is 0. The molecular weight excluding hydrogens is 456 g/mol. The van der Waals surface area contributed by atoms with Crippen molar-refractivity contribution in [3.8, 4) is 5.75 Å². The zero-order valence-electron chi connectivity index (χ0n) is 23.4. The predicted octanol–water partition coefficient (Wildman–Crippen LogP) is 9.53. The molecule has 0 amide bonds. The van der Waals surface area contributed by atoms with Gasteiger partial charge in [0.2, 0.25) is 8.77 Å². The maximum atomic E-state index is 14.4. The van der Waals surface area contributed by atoms with Crippen LogP contribution in [0.5, 0.6) is 5.75 Å². The minimum absolute atomic E-state index is 0.191. The van der Waals surface area contributed by atoms with E-state index < -0.39 is 8.77 Å². The monoisotopic (exact) mass is 502 g/mol. The molecule has 2 aromatic carbocycles. The Hall–Kier alpha value is -1.39. The second kappa shape index (κ2) is 11.1. The average Bonchev–Trinajstić information content (AvgIpc) is 2.71. The van der Waals surface area contributed by atoms with E-state index in [1.165, 1.54) is 11.1 Å².